The molecule has 1 fully saturated rings. The zero-order chi connectivity index (χ0) is 15.7. The first-order valence-electron chi connectivity index (χ1n) is 8.50. The quantitative estimate of drug-likeness (QED) is 0.854. The van der Waals surface area contributed by atoms with Crippen molar-refractivity contribution in [1.82, 2.24) is 4.90 Å². The molecule has 1 aromatic carbocycles. The number of benzene rings is 1. The van der Waals surface area contributed by atoms with Crippen molar-refractivity contribution in [3.63, 3.8) is 0 Å². The lowest BCUT2D eigenvalue weighted by molar-refractivity contribution is -0.133. The third-order valence-electron chi connectivity index (χ3n) is 5.24. The van der Waals surface area contributed by atoms with Crippen LogP contribution in [0.2, 0.25) is 0 Å². The van der Waals surface area contributed by atoms with Gasteiger partial charge in [-0.1, -0.05) is 13.0 Å². The molecule has 0 spiro atoms. The summed E-state index contributed by atoms with van der Waals surface area (Å²) in [5, 5.41) is 0. The average Bonchev–Trinajstić information content (AvgIpc) is 2.54. The summed E-state index contributed by atoms with van der Waals surface area (Å²) in [4.78, 5) is 17.1. The van der Waals surface area contributed by atoms with Gasteiger partial charge in [-0.15, -0.1) is 0 Å². The third kappa shape index (κ3) is 2.79. The Morgan fingerprint density at radius 3 is 2.73 bits per heavy atom. The molecule has 1 amide bonds. The minimum Gasteiger partial charge on any atom is -0.398 e. The van der Waals surface area contributed by atoms with Crippen molar-refractivity contribution >= 4 is 17.3 Å². The lowest BCUT2D eigenvalue weighted by atomic mass is 9.96. The molecule has 22 heavy (non-hydrogen) atoms. The van der Waals surface area contributed by atoms with Crippen molar-refractivity contribution < 1.29 is 4.79 Å². The second kappa shape index (κ2) is 6.19. The van der Waals surface area contributed by atoms with Crippen LogP contribution in [0.25, 0.3) is 0 Å². The monoisotopic (exact) mass is 301 g/mol. The van der Waals surface area contributed by atoms with E-state index in [-0.39, 0.29) is 11.9 Å². The lowest BCUT2D eigenvalue weighted by Crippen LogP contribution is -2.50. The fraction of sp³-hybridized carbons (Fsp3) is 0.611. The largest absolute Gasteiger partial charge is 0.398 e. The van der Waals surface area contributed by atoms with Crippen LogP contribution in [0.4, 0.5) is 11.4 Å². The van der Waals surface area contributed by atoms with Gasteiger partial charge in [-0.3, -0.25) is 4.79 Å². The van der Waals surface area contributed by atoms with Crippen molar-refractivity contribution in [3.05, 3.63) is 23.8 Å². The maximum Gasteiger partial charge on any atom is 0.244 e. The van der Waals surface area contributed by atoms with Crippen LogP contribution in [-0.4, -0.2) is 36.5 Å². The van der Waals surface area contributed by atoms with Crippen molar-refractivity contribution in [1.29, 1.82) is 0 Å². The van der Waals surface area contributed by atoms with Crippen LogP contribution >= 0.6 is 0 Å². The Kier molecular flexibility index (Phi) is 4.27. The van der Waals surface area contributed by atoms with Crippen LogP contribution < -0.4 is 10.6 Å². The molecule has 2 aliphatic heterocycles. The highest BCUT2D eigenvalue weighted by Crippen LogP contribution is 2.33. The lowest BCUT2D eigenvalue weighted by Gasteiger charge is -2.39. The molecular formula is C18H27N3O. The van der Waals surface area contributed by atoms with Gasteiger partial charge in [0.1, 0.15) is 6.04 Å². The Balaban J connectivity index is 1.77. The maximum absolute atomic E-state index is 12.9. The third-order valence-corrected chi connectivity index (χ3v) is 5.24. The zero-order valence-corrected chi connectivity index (χ0v) is 13.7. The summed E-state index contributed by atoms with van der Waals surface area (Å²) in [7, 11) is 0. The number of fused-ring (bicyclic) bond motifs is 1. The van der Waals surface area contributed by atoms with Crippen molar-refractivity contribution in [2.75, 3.05) is 30.3 Å². The Hall–Kier alpha value is -1.71. The summed E-state index contributed by atoms with van der Waals surface area (Å²) in [6.07, 6.45) is 4.33. The van der Waals surface area contributed by atoms with Crippen molar-refractivity contribution in [2.45, 2.75) is 45.6 Å². The summed E-state index contributed by atoms with van der Waals surface area (Å²) in [6, 6.07) is 5.95. The molecule has 2 aliphatic rings. The predicted molar refractivity (Wildman–Crippen MR) is 91.0 cm³/mol. The molecule has 2 N–H and O–H groups in total. The highest BCUT2D eigenvalue weighted by atomic mass is 16.2. The van der Waals surface area contributed by atoms with E-state index in [0.29, 0.717) is 0 Å². The molecule has 4 heteroatoms. The number of rotatable bonds is 2. The van der Waals surface area contributed by atoms with E-state index in [1.165, 1.54) is 5.56 Å². The molecule has 0 saturated carbocycles. The maximum atomic E-state index is 12.9. The van der Waals surface area contributed by atoms with Gasteiger partial charge in [-0.05, 0) is 56.2 Å². The summed E-state index contributed by atoms with van der Waals surface area (Å²) >= 11 is 0. The fourth-order valence-electron chi connectivity index (χ4n) is 3.71. The minimum atomic E-state index is -0.103. The van der Waals surface area contributed by atoms with E-state index in [4.69, 9.17) is 5.73 Å². The van der Waals surface area contributed by atoms with Crippen LogP contribution in [0, 0.1) is 5.92 Å². The Morgan fingerprint density at radius 1 is 1.27 bits per heavy atom. The van der Waals surface area contributed by atoms with Crippen molar-refractivity contribution in [3.8, 4) is 0 Å². The first-order chi connectivity index (χ1) is 10.6. The van der Waals surface area contributed by atoms with Gasteiger partial charge < -0.3 is 15.5 Å². The number of piperidine rings is 1. The number of anilines is 2. The number of carbonyl (C=O) groups excluding carboxylic acids is 1. The zero-order valence-electron chi connectivity index (χ0n) is 13.7. The molecule has 0 bridgehead atoms. The normalized spacial score (nSPS) is 20.6. The summed E-state index contributed by atoms with van der Waals surface area (Å²) in [5.41, 5.74) is 9.33. The van der Waals surface area contributed by atoms with Crippen LogP contribution in [-0.2, 0) is 11.2 Å². The number of hydrogen-bond donors (Lipinski definition) is 1. The molecule has 1 aromatic rings. The molecular weight excluding hydrogens is 274 g/mol. The number of nitrogens with two attached hydrogens (primary N) is 1. The standard InChI is InChI=1S/C18H27N3O/c1-13-8-11-20(12-9-13)18(22)14(2)21-10-4-5-15-16(19)6-3-7-17(15)21/h3,6-7,13-14H,4-5,8-12,19H2,1-2H3. The molecule has 4 nitrogen and oxygen atoms in total. The number of amides is 1. The van der Waals surface area contributed by atoms with Gasteiger partial charge in [0.15, 0.2) is 0 Å². The first kappa shape index (κ1) is 15.2. The van der Waals surface area contributed by atoms with Crippen LogP contribution in [0.1, 0.15) is 38.7 Å². The highest BCUT2D eigenvalue weighted by molar-refractivity contribution is 5.86. The summed E-state index contributed by atoms with van der Waals surface area (Å²) in [5.74, 6) is 1.01. The van der Waals surface area contributed by atoms with E-state index in [0.717, 1.165) is 62.6 Å². The van der Waals surface area contributed by atoms with Gasteiger partial charge in [0, 0.05) is 31.0 Å². The van der Waals surface area contributed by atoms with E-state index in [1.807, 2.05) is 24.0 Å². The van der Waals surface area contributed by atoms with Crippen LogP contribution in [0.3, 0.4) is 0 Å². The predicted octanol–water partition coefficient (Wildman–Crippen LogP) is 2.67. The molecule has 0 aliphatic carbocycles. The summed E-state index contributed by atoms with van der Waals surface area (Å²) < 4.78 is 0. The van der Waals surface area contributed by atoms with E-state index in [1.54, 1.807) is 0 Å². The van der Waals surface area contributed by atoms with Gasteiger partial charge in [-0.2, -0.15) is 0 Å². The van der Waals surface area contributed by atoms with E-state index in [2.05, 4.69) is 17.9 Å². The van der Waals surface area contributed by atoms with Crippen LogP contribution in [0.15, 0.2) is 18.2 Å². The Labute approximate surface area is 133 Å². The van der Waals surface area contributed by atoms with Gasteiger partial charge >= 0.3 is 0 Å². The average molecular weight is 301 g/mol. The van der Waals surface area contributed by atoms with E-state index < -0.39 is 0 Å². The van der Waals surface area contributed by atoms with Gasteiger partial charge in [0.2, 0.25) is 5.91 Å². The molecule has 1 unspecified atom stereocenters. The number of likely N-dealkylation sites (tertiary alicyclic amines) is 1. The van der Waals surface area contributed by atoms with Gasteiger partial charge in [0.05, 0.1) is 0 Å². The molecule has 1 atom stereocenters. The fourth-order valence-corrected chi connectivity index (χ4v) is 3.71. The molecule has 0 aromatic heterocycles. The molecule has 120 valence electrons. The first-order valence-corrected chi connectivity index (χ1v) is 8.50. The summed E-state index contributed by atoms with van der Waals surface area (Å²) in [6.45, 7) is 7.06. The molecule has 3 rings (SSSR count). The SMILES string of the molecule is CC1CCN(C(=O)C(C)N2CCCc3c(N)cccc32)CC1. The molecule has 2 heterocycles. The second-order valence-corrected chi connectivity index (χ2v) is 6.83. The van der Waals surface area contributed by atoms with Crippen LogP contribution in [0.5, 0.6) is 0 Å². The van der Waals surface area contributed by atoms with E-state index >= 15 is 0 Å². The highest BCUT2D eigenvalue weighted by Gasteiger charge is 2.31. The van der Waals surface area contributed by atoms with Gasteiger partial charge in [0.25, 0.3) is 0 Å². The minimum absolute atomic E-state index is 0.103. The van der Waals surface area contributed by atoms with E-state index in [9.17, 15) is 4.79 Å². The van der Waals surface area contributed by atoms with Crippen molar-refractivity contribution in [2.24, 2.45) is 5.92 Å². The Morgan fingerprint density at radius 2 is 2.00 bits per heavy atom. The number of hydrogen-bond acceptors (Lipinski definition) is 3. The molecule has 0 radical (unpaired) electrons. The Bertz CT molecular complexity index is 549. The number of carbonyl (C=O) groups is 1. The topological polar surface area (TPSA) is 49.6 Å². The molecule has 1 saturated heterocycles. The number of nitrogen functional groups attached to an aromatic ring is 1. The smallest absolute Gasteiger partial charge is 0.244 e. The number of nitrogens with zero attached hydrogens (tertiary/aromatic N) is 2. The van der Waals surface area contributed by atoms with Gasteiger partial charge in [-0.25, -0.2) is 0 Å². The second-order valence-electron chi connectivity index (χ2n) is 6.83.